The summed E-state index contributed by atoms with van der Waals surface area (Å²) in [5, 5.41) is 3.43. The van der Waals surface area contributed by atoms with E-state index >= 15 is 0 Å². The van der Waals surface area contributed by atoms with Gasteiger partial charge >= 0.3 is 0 Å². The lowest BCUT2D eigenvalue weighted by atomic mass is 9.89. The molecule has 0 spiro atoms. The lowest BCUT2D eigenvalue weighted by molar-refractivity contribution is 0.0531. The van der Waals surface area contributed by atoms with Crippen LogP contribution in [0, 0.1) is 5.92 Å². The van der Waals surface area contributed by atoms with Gasteiger partial charge in [-0.05, 0) is 65.5 Å². The minimum atomic E-state index is 0.138. The lowest BCUT2D eigenvalue weighted by Crippen LogP contribution is -2.52. The summed E-state index contributed by atoms with van der Waals surface area (Å²) < 4.78 is 0. The average molecular weight is 286 g/mol. The first-order chi connectivity index (χ1) is 9.26. The summed E-state index contributed by atoms with van der Waals surface area (Å²) in [5.41, 5.74) is 6.22. The van der Waals surface area contributed by atoms with Gasteiger partial charge in [0.25, 0.3) is 0 Å². The Bertz CT molecular complexity index is 240. The van der Waals surface area contributed by atoms with E-state index in [1.807, 2.05) is 0 Å². The fourth-order valence-corrected chi connectivity index (χ4v) is 2.74. The average Bonchev–Trinajstić information content (AvgIpc) is 2.37. The molecule has 0 aromatic carbocycles. The summed E-state index contributed by atoms with van der Waals surface area (Å²) in [6, 6.07) is 0.596. The molecule has 0 rings (SSSR count). The lowest BCUT2D eigenvalue weighted by Gasteiger charge is -2.44. The van der Waals surface area contributed by atoms with Crippen LogP contribution in [0.4, 0.5) is 0 Å². The van der Waals surface area contributed by atoms with Gasteiger partial charge in [0.1, 0.15) is 0 Å². The van der Waals surface area contributed by atoms with Crippen LogP contribution in [0.25, 0.3) is 0 Å². The van der Waals surface area contributed by atoms with Crippen LogP contribution in [-0.2, 0) is 0 Å². The Morgan fingerprint density at radius 2 is 1.75 bits per heavy atom. The number of hydrogen-bond acceptors (Lipinski definition) is 3. The van der Waals surface area contributed by atoms with Crippen molar-refractivity contribution < 1.29 is 0 Å². The maximum absolute atomic E-state index is 5.95. The first-order valence-corrected chi connectivity index (χ1v) is 8.52. The number of nitrogens with zero attached hydrogens (tertiary/aromatic N) is 1. The van der Waals surface area contributed by atoms with Crippen molar-refractivity contribution in [1.82, 2.24) is 10.2 Å². The highest BCUT2D eigenvalue weighted by atomic mass is 15.2. The summed E-state index contributed by atoms with van der Waals surface area (Å²) >= 11 is 0. The normalized spacial score (nSPS) is 16.9. The maximum atomic E-state index is 5.95. The van der Waals surface area contributed by atoms with E-state index in [4.69, 9.17) is 5.73 Å². The zero-order valence-corrected chi connectivity index (χ0v) is 15.0. The third-order valence-electron chi connectivity index (χ3n) is 4.54. The largest absolute Gasteiger partial charge is 0.316 e. The summed E-state index contributed by atoms with van der Waals surface area (Å²) in [6.45, 7) is 18.3. The van der Waals surface area contributed by atoms with Crippen molar-refractivity contribution in [2.75, 3.05) is 13.1 Å². The van der Waals surface area contributed by atoms with Crippen LogP contribution in [0.3, 0.4) is 0 Å². The van der Waals surface area contributed by atoms with Gasteiger partial charge in [0.15, 0.2) is 0 Å². The summed E-state index contributed by atoms with van der Waals surface area (Å²) in [4.78, 5) is 2.69. The molecule has 0 amide bonds. The van der Waals surface area contributed by atoms with Crippen LogP contribution in [0.15, 0.2) is 0 Å². The third-order valence-corrected chi connectivity index (χ3v) is 4.54. The standard InChI is InChI=1S/C17H39N3/c1-8-16(18)19-12-11-17(7,9-2)20(15(5)6)13-10-14(3)4/h14-16,19H,8-13,18H2,1-7H3. The zero-order chi connectivity index (χ0) is 15.8. The highest BCUT2D eigenvalue weighted by molar-refractivity contribution is 4.88. The molecule has 0 saturated carbocycles. The third kappa shape index (κ3) is 7.05. The fourth-order valence-electron chi connectivity index (χ4n) is 2.74. The minimum absolute atomic E-state index is 0.138. The predicted molar refractivity (Wildman–Crippen MR) is 90.9 cm³/mol. The van der Waals surface area contributed by atoms with E-state index in [9.17, 15) is 0 Å². The minimum Gasteiger partial charge on any atom is -0.316 e. The molecule has 0 heterocycles. The van der Waals surface area contributed by atoms with E-state index in [2.05, 4.69) is 58.7 Å². The Hall–Kier alpha value is -0.120. The smallest absolute Gasteiger partial charge is 0.0543 e. The molecule has 122 valence electrons. The molecule has 0 aromatic heterocycles. The molecule has 0 aliphatic heterocycles. The van der Waals surface area contributed by atoms with Crippen LogP contribution in [0.2, 0.25) is 0 Å². The van der Waals surface area contributed by atoms with Crippen LogP contribution in [-0.4, -0.2) is 35.7 Å². The van der Waals surface area contributed by atoms with Crippen LogP contribution < -0.4 is 11.1 Å². The van der Waals surface area contributed by atoms with Crippen molar-refractivity contribution >= 4 is 0 Å². The quantitative estimate of drug-likeness (QED) is 0.570. The Morgan fingerprint density at radius 1 is 1.15 bits per heavy atom. The highest BCUT2D eigenvalue weighted by Crippen LogP contribution is 2.26. The second kappa shape index (κ2) is 9.75. The van der Waals surface area contributed by atoms with E-state index in [0.29, 0.717) is 6.04 Å². The van der Waals surface area contributed by atoms with Gasteiger partial charge in [0.05, 0.1) is 6.17 Å². The number of rotatable bonds is 11. The Balaban J connectivity index is 4.58. The maximum Gasteiger partial charge on any atom is 0.0543 e. The van der Waals surface area contributed by atoms with Gasteiger partial charge in [0.2, 0.25) is 0 Å². The molecular formula is C17H39N3. The molecule has 3 N–H and O–H groups in total. The number of hydrogen-bond donors (Lipinski definition) is 2. The Morgan fingerprint density at radius 3 is 2.15 bits per heavy atom. The first kappa shape index (κ1) is 19.9. The molecule has 3 nitrogen and oxygen atoms in total. The van der Waals surface area contributed by atoms with Crippen LogP contribution in [0.1, 0.15) is 74.1 Å². The molecule has 0 radical (unpaired) electrons. The van der Waals surface area contributed by atoms with Gasteiger partial charge in [-0.3, -0.25) is 4.90 Å². The first-order valence-electron chi connectivity index (χ1n) is 8.52. The molecule has 2 atom stereocenters. The van der Waals surface area contributed by atoms with E-state index in [0.717, 1.165) is 25.3 Å². The van der Waals surface area contributed by atoms with E-state index in [-0.39, 0.29) is 11.7 Å². The number of nitrogens with two attached hydrogens (primary N) is 1. The zero-order valence-electron chi connectivity index (χ0n) is 15.0. The second-order valence-electron chi connectivity index (χ2n) is 7.04. The van der Waals surface area contributed by atoms with Crippen molar-refractivity contribution in [2.45, 2.75) is 91.9 Å². The molecule has 0 saturated heterocycles. The van der Waals surface area contributed by atoms with Gasteiger partial charge in [-0.1, -0.05) is 27.7 Å². The second-order valence-corrected chi connectivity index (χ2v) is 7.04. The molecule has 2 unspecified atom stereocenters. The van der Waals surface area contributed by atoms with Gasteiger partial charge in [-0.25, -0.2) is 0 Å². The topological polar surface area (TPSA) is 41.3 Å². The molecule has 0 aromatic rings. The molecular weight excluding hydrogens is 246 g/mol. The van der Waals surface area contributed by atoms with Gasteiger partial charge < -0.3 is 11.1 Å². The van der Waals surface area contributed by atoms with Crippen LogP contribution in [0.5, 0.6) is 0 Å². The van der Waals surface area contributed by atoms with Gasteiger partial charge in [-0.2, -0.15) is 0 Å². The van der Waals surface area contributed by atoms with Gasteiger partial charge in [0, 0.05) is 11.6 Å². The molecule has 0 aliphatic carbocycles. The van der Waals surface area contributed by atoms with Gasteiger partial charge in [-0.15, -0.1) is 0 Å². The Kier molecular flexibility index (Phi) is 9.69. The Labute approximate surface area is 127 Å². The SMILES string of the molecule is CCC(N)NCCC(C)(CC)N(CCC(C)C)C(C)C. The van der Waals surface area contributed by atoms with E-state index in [1.165, 1.54) is 19.4 Å². The fraction of sp³-hybridized carbons (Fsp3) is 1.00. The van der Waals surface area contributed by atoms with Crippen LogP contribution >= 0.6 is 0 Å². The highest BCUT2D eigenvalue weighted by Gasteiger charge is 2.31. The van der Waals surface area contributed by atoms with Crippen molar-refractivity contribution in [3.05, 3.63) is 0 Å². The van der Waals surface area contributed by atoms with E-state index in [1.54, 1.807) is 0 Å². The number of nitrogens with one attached hydrogen (secondary N) is 1. The van der Waals surface area contributed by atoms with Crippen molar-refractivity contribution in [3.63, 3.8) is 0 Å². The molecule has 0 bridgehead atoms. The monoisotopic (exact) mass is 285 g/mol. The van der Waals surface area contributed by atoms with Crippen molar-refractivity contribution in [1.29, 1.82) is 0 Å². The summed E-state index contributed by atoms with van der Waals surface area (Å²) in [7, 11) is 0. The van der Waals surface area contributed by atoms with E-state index < -0.39 is 0 Å². The molecule has 0 aliphatic rings. The predicted octanol–water partition coefficient (Wildman–Crippen LogP) is 3.59. The molecule has 3 heteroatoms. The molecule has 0 fully saturated rings. The summed E-state index contributed by atoms with van der Waals surface area (Å²) in [5.74, 6) is 0.768. The van der Waals surface area contributed by atoms with Crippen molar-refractivity contribution in [3.8, 4) is 0 Å². The molecule has 20 heavy (non-hydrogen) atoms. The summed E-state index contributed by atoms with van der Waals surface area (Å²) in [6.07, 6.45) is 4.75. The van der Waals surface area contributed by atoms with Crippen molar-refractivity contribution in [2.24, 2.45) is 11.7 Å².